The van der Waals surface area contributed by atoms with Crippen molar-refractivity contribution >= 4 is 34.5 Å². The van der Waals surface area contributed by atoms with E-state index in [0.29, 0.717) is 15.4 Å². The molecule has 0 bridgehead atoms. The highest BCUT2D eigenvalue weighted by molar-refractivity contribution is 14.1. The van der Waals surface area contributed by atoms with E-state index in [1.165, 1.54) is 6.92 Å². The molecule has 0 aliphatic rings. The summed E-state index contributed by atoms with van der Waals surface area (Å²) in [4.78, 5) is 24.1. The Labute approximate surface area is 171 Å². The Bertz CT molecular complexity index is 651. The summed E-state index contributed by atoms with van der Waals surface area (Å²) >= 11 is 2.43. The van der Waals surface area contributed by atoms with Gasteiger partial charge < -0.3 is 9.47 Å². The summed E-state index contributed by atoms with van der Waals surface area (Å²) in [5.41, 5.74) is 1.02. The van der Waals surface area contributed by atoms with E-state index in [0.717, 1.165) is 12.0 Å². The maximum Gasteiger partial charge on any atom is 0.514 e. The Kier molecular flexibility index (Phi) is 7.69. The topological polar surface area (TPSA) is 52.6 Å². The number of benzene rings is 1. The number of ketones is 1. The smallest absolute Gasteiger partial charge is 0.428 e. The third-order valence-corrected chi connectivity index (χ3v) is 4.65. The highest BCUT2D eigenvalue weighted by Crippen LogP contribution is 2.38. The molecule has 1 aromatic carbocycles. The molecule has 26 heavy (non-hydrogen) atoms. The number of hydrogen-bond acceptors (Lipinski definition) is 4. The van der Waals surface area contributed by atoms with Crippen molar-refractivity contribution in [3.8, 4) is 5.75 Å². The number of carbonyl (C=O) groups excluding carboxylic acids is 2. The van der Waals surface area contributed by atoms with Gasteiger partial charge in [-0.3, -0.25) is 4.79 Å². The molecule has 0 saturated heterocycles. The summed E-state index contributed by atoms with van der Waals surface area (Å²) in [7, 11) is 0. The second kappa shape index (κ2) is 8.72. The van der Waals surface area contributed by atoms with Crippen molar-refractivity contribution < 1.29 is 19.1 Å². The van der Waals surface area contributed by atoms with E-state index in [-0.39, 0.29) is 16.9 Å². The van der Waals surface area contributed by atoms with Crippen LogP contribution < -0.4 is 4.74 Å². The van der Waals surface area contributed by atoms with Crippen molar-refractivity contribution in [2.45, 2.75) is 77.3 Å². The van der Waals surface area contributed by atoms with Gasteiger partial charge in [-0.1, -0.05) is 56.4 Å². The molecule has 0 aliphatic carbocycles. The Balaban J connectivity index is 3.18. The zero-order chi connectivity index (χ0) is 20.3. The molecule has 0 heterocycles. The first-order valence-electron chi connectivity index (χ1n) is 8.89. The van der Waals surface area contributed by atoms with Crippen molar-refractivity contribution in [1.82, 2.24) is 0 Å². The van der Waals surface area contributed by atoms with Gasteiger partial charge in [-0.2, -0.15) is 0 Å². The van der Waals surface area contributed by atoms with Crippen molar-refractivity contribution in [2.24, 2.45) is 5.41 Å². The van der Waals surface area contributed by atoms with Crippen LogP contribution >= 0.6 is 22.6 Å². The Morgan fingerprint density at radius 2 is 1.69 bits per heavy atom. The Morgan fingerprint density at radius 1 is 1.12 bits per heavy atom. The van der Waals surface area contributed by atoms with Crippen molar-refractivity contribution in [3.05, 3.63) is 29.3 Å². The summed E-state index contributed by atoms with van der Waals surface area (Å²) < 4.78 is 10.9. The zero-order valence-electron chi connectivity index (χ0n) is 17.1. The first-order chi connectivity index (χ1) is 11.7. The molecule has 1 aromatic rings. The van der Waals surface area contributed by atoms with Gasteiger partial charge in [0.25, 0.3) is 0 Å². The number of halogens is 1. The number of alkyl halides is 1. The standard InChI is InChI=1S/C21H31IO4/c1-13(22)17(12-20(3,4)5)15-9-10-18(16(11-15)14(2)23)25-19(24)26-21(6,7)8/h9-11,13,17H,12H2,1-8H3. The predicted octanol–water partition coefficient (Wildman–Crippen LogP) is 6.55. The zero-order valence-corrected chi connectivity index (χ0v) is 19.3. The van der Waals surface area contributed by atoms with Gasteiger partial charge in [0.15, 0.2) is 5.78 Å². The lowest BCUT2D eigenvalue weighted by Crippen LogP contribution is -2.26. The van der Waals surface area contributed by atoms with Crippen molar-refractivity contribution in [1.29, 1.82) is 0 Å². The van der Waals surface area contributed by atoms with Gasteiger partial charge in [0.2, 0.25) is 0 Å². The molecule has 1 rings (SSSR count). The molecule has 0 saturated carbocycles. The lowest BCUT2D eigenvalue weighted by Gasteiger charge is -2.29. The summed E-state index contributed by atoms with van der Waals surface area (Å²) in [6.45, 7) is 15.6. The molecule has 2 atom stereocenters. The van der Waals surface area contributed by atoms with Crippen molar-refractivity contribution in [3.63, 3.8) is 0 Å². The fourth-order valence-corrected chi connectivity index (χ4v) is 3.38. The highest BCUT2D eigenvalue weighted by Gasteiger charge is 2.26. The third-order valence-electron chi connectivity index (χ3n) is 3.78. The van der Waals surface area contributed by atoms with E-state index in [9.17, 15) is 9.59 Å². The monoisotopic (exact) mass is 474 g/mol. The van der Waals surface area contributed by atoms with Gasteiger partial charge in [0, 0.05) is 3.92 Å². The molecule has 0 aliphatic heterocycles. The largest absolute Gasteiger partial charge is 0.514 e. The average Bonchev–Trinajstić information content (AvgIpc) is 2.41. The molecule has 0 radical (unpaired) electrons. The summed E-state index contributed by atoms with van der Waals surface area (Å²) in [5.74, 6) is 0.413. The average molecular weight is 474 g/mol. The maximum absolute atomic E-state index is 12.1. The number of carbonyl (C=O) groups is 2. The Morgan fingerprint density at radius 3 is 2.12 bits per heavy atom. The fourth-order valence-electron chi connectivity index (χ4n) is 2.71. The quantitative estimate of drug-likeness (QED) is 0.160. The molecule has 0 N–H and O–H groups in total. The van der Waals surface area contributed by atoms with Crippen LogP contribution in [0.5, 0.6) is 5.75 Å². The van der Waals surface area contributed by atoms with Crippen LogP contribution in [0, 0.1) is 5.41 Å². The molecule has 0 spiro atoms. The Hall–Kier alpha value is -1.11. The SMILES string of the molecule is CC(=O)c1cc(C(CC(C)(C)C)C(C)I)ccc1OC(=O)OC(C)(C)C. The van der Waals surface area contributed by atoms with E-state index in [1.54, 1.807) is 26.8 Å². The van der Waals surface area contributed by atoms with Crippen molar-refractivity contribution in [2.75, 3.05) is 0 Å². The summed E-state index contributed by atoms with van der Waals surface area (Å²) in [5, 5.41) is 0. The molecule has 5 heteroatoms. The predicted molar refractivity (Wildman–Crippen MR) is 114 cm³/mol. The molecule has 0 fully saturated rings. The van der Waals surface area contributed by atoms with Crippen LogP contribution in [0.25, 0.3) is 0 Å². The third kappa shape index (κ3) is 7.64. The van der Waals surface area contributed by atoms with Gasteiger partial charge in [0.05, 0.1) is 5.56 Å². The molecule has 0 amide bonds. The number of ether oxygens (including phenoxy) is 2. The number of Topliss-reactive ketones (excluding diaryl/α,β-unsaturated/α-hetero) is 1. The second-order valence-electron chi connectivity index (χ2n) is 8.93. The lowest BCUT2D eigenvalue weighted by atomic mass is 9.80. The van der Waals surface area contributed by atoms with Crippen LogP contribution in [0.2, 0.25) is 0 Å². The molecular formula is C21H31IO4. The van der Waals surface area contributed by atoms with Crippen LogP contribution in [0.3, 0.4) is 0 Å². The van der Waals surface area contributed by atoms with Gasteiger partial charge in [-0.05, 0) is 63.1 Å². The minimum atomic E-state index is -0.804. The molecule has 0 aromatic heterocycles. The maximum atomic E-state index is 12.1. The van der Waals surface area contributed by atoms with Gasteiger partial charge in [-0.25, -0.2) is 4.79 Å². The number of hydrogen-bond donors (Lipinski definition) is 0. The summed E-state index contributed by atoms with van der Waals surface area (Å²) in [6, 6.07) is 5.50. The van der Waals surface area contributed by atoms with Crippen LogP contribution in [0.1, 0.15) is 83.7 Å². The lowest BCUT2D eigenvalue weighted by molar-refractivity contribution is 0.0205. The van der Waals surface area contributed by atoms with E-state index in [1.807, 2.05) is 12.1 Å². The minimum Gasteiger partial charge on any atom is -0.428 e. The van der Waals surface area contributed by atoms with E-state index < -0.39 is 11.8 Å². The molecular weight excluding hydrogens is 443 g/mol. The van der Waals surface area contributed by atoms with Crippen LogP contribution in [-0.4, -0.2) is 21.5 Å². The fraction of sp³-hybridized carbons (Fsp3) is 0.619. The first kappa shape index (κ1) is 22.9. The minimum absolute atomic E-state index is 0.138. The van der Waals surface area contributed by atoms with E-state index >= 15 is 0 Å². The van der Waals surface area contributed by atoms with Crippen LogP contribution in [-0.2, 0) is 4.74 Å². The normalized spacial score (nSPS) is 14.5. The van der Waals surface area contributed by atoms with Crippen LogP contribution in [0.15, 0.2) is 18.2 Å². The van der Waals surface area contributed by atoms with E-state index in [2.05, 4.69) is 50.3 Å². The summed E-state index contributed by atoms with van der Waals surface area (Å²) in [6.07, 6.45) is 0.196. The highest BCUT2D eigenvalue weighted by atomic mass is 127. The van der Waals surface area contributed by atoms with Gasteiger partial charge >= 0.3 is 6.16 Å². The van der Waals surface area contributed by atoms with Gasteiger partial charge in [0.1, 0.15) is 11.4 Å². The molecule has 146 valence electrons. The molecule has 4 nitrogen and oxygen atoms in total. The first-order valence-corrected chi connectivity index (χ1v) is 10.1. The number of rotatable bonds is 5. The second-order valence-corrected chi connectivity index (χ2v) is 10.9. The van der Waals surface area contributed by atoms with E-state index in [4.69, 9.17) is 9.47 Å². The molecule has 2 unspecified atom stereocenters. The van der Waals surface area contributed by atoms with Gasteiger partial charge in [-0.15, -0.1) is 0 Å². The van der Waals surface area contributed by atoms with Crippen LogP contribution in [0.4, 0.5) is 4.79 Å².